The Morgan fingerprint density at radius 2 is 2.12 bits per heavy atom. The molecule has 7 heteroatoms. The molecule has 1 N–H and O–H groups in total. The van der Waals surface area contributed by atoms with Gasteiger partial charge in [-0.25, -0.2) is 0 Å². The average Bonchev–Trinajstić information content (AvgIpc) is 3.09. The normalized spacial score (nSPS) is 14.6. The molecule has 1 amide bonds. The Balaban J connectivity index is 1.68. The Morgan fingerprint density at radius 1 is 1.32 bits per heavy atom. The summed E-state index contributed by atoms with van der Waals surface area (Å²) in [5.41, 5.74) is 2.55. The van der Waals surface area contributed by atoms with Crippen LogP contribution in [0.25, 0.3) is 0 Å². The van der Waals surface area contributed by atoms with Gasteiger partial charge in [0.05, 0.1) is 19.8 Å². The minimum absolute atomic E-state index is 0.0502. The zero-order chi connectivity index (χ0) is 17.6. The van der Waals surface area contributed by atoms with Crippen LogP contribution < -0.4 is 5.32 Å². The SMILES string of the molecule is CCCc1nc(CNc2cccc(C(=O)N3CCOCC3)c2C)no1. The van der Waals surface area contributed by atoms with Crippen molar-refractivity contribution in [2.45, 2.75) is 33.2 Å². The van der Waals surface area contributed by atoms with E-state index in [1.54, 1.807) is 0 Å². The number of hydrogen-bond donors (Lipinski definition) is 1. The standard InChI is InChI=1S/C18H24N4O3/c1-3-5-17-20-16(21-25-17)12-19-15-7-4-6-14(13(15)2)18(23)22-8-10-24-11-9-22/h4,6-7,19H,3,5,8-12H2,1-2H3. The maximum absolute atomic E-state index is 12.7. The van der Waals surface area contributed by atoms with Crippen LogP contribution in [-0.2, 0) is 17.7 Å². The van der Waals surface area contributed by atoms with E-state index in [2.05, 4.69) is 22.4 Å². The Morgan fingerprint density at radius 3 is 2.88 bits per heavy atom. The van der Waals surface area contributed by atoms with Crippen LogP contribution in [0.2, 0.25) is 0 Å². The number of rotatable bonds is 6. The smallest absolute Gasteiger partial charge is 0.254 e. The fraction of sp³-hybridized carbons (Fsp3) is 0.500. The van der Waals surface area contributed by atoms with E-state index in [1.807, 2.05) is 30.0 Å². The second-order valence-electron chi connectivity index (χ2n) is 6.09. The van der Waals surface area contributed by atoms with Gasteiger partial charge in [-0.1, -0.05) is 18.1 Å². The predicted molar refractivity (Wildman–Crippen MR) is 93.5 cm³/mol. The van der Waals surface area contributed by atoms with Crippen LogP contribution in [0.3, 0.4) is 0 Å². The lowest BCUT2D eigenvalue weighted by Gasteiger charge is -2.27. The van der Waals surface area contributed by atoms with Gasteiger partial charge >= 0.3 is 0 Å². The van der Waals surface area contributed by atoms with E-state index in [9.17, 15) is 4.79 Å². The summed E-state index contributed by atoms with van der Waals surface area (Å²) in [6, 6.07) is 5.71. The molecule has 0 radical (unpaired) electrons. The lowest BCUT2D eigenvalue weighted by atomic mass is 10.0. The number of anilines is 1. The second kappa shape index (κ2) is 8.11. The number of benzene rings is 1. The number of ether oxygens (including phenoxy) is 1. The minimum Gasteiger partial charge on any atom is -0.378 e. The number of nitrogens with one attached hydrogen (secondary N) is 1. The zero-order valence-electron chi connectivity index (χ0n) is 14.7. The molecule has 25 heavy (non-hydrogen) atoms. The van der Waals surface area contributed by atoms with E-state index in [4.69, 9.17) is 9.26 Å². The molecule has 3 rings (SSSR count). The van der Waals surface area contributed by atoms with Crippen LogP contribution in [0.5, 0.6) is 0 Å². The van der Waals surface area contributed by atoms with Gasteiger partial charge in [0.2, 0.25) is 5.89 Å². The number of carbonyl (C=O) groups is 1. The molecule has 1 saturated heterocycles. The molecule has 1 aliphatic heterocycles. The van der Waals surface area contributed by atoms with Crippen LogP contribution in [-0.4, -0.2) is 47.3 Å². The van der Waals surface area contributed by atoms with Gasteiger partial charge in [0.15, 0.2) is 5.82 Å². The first-order valence-electron chi connectivity index (χ1n) is 8.71. The molecule has 0 aliphatic carbocycles. The average molecular weight is 344 g/mol. The lowest BCUT2D eigenvalue weighted by Crippen LogP contribution is -2.41. The summed E-state index contributed by atoms with van der Waals surface area (Å²) in [5, 5.41) is 7.28. The van der Waals surface area contributed by atoms with Gasteiger partial charge in [-0.2, -0.15) is 4.98 Å². The molecule has 7 nitrogen and oxygen atoms in total. The van der Waals surface area contributed by atoms with E-state index in [1.165, 1.54) is 0 Å². The number of aryl methyl sites for hydroxylation is 1. The zero-order valence-corrected chi connectivity index (χ0v) is 14.7. The quantitative estimate of drug-likeness (QED) is 0.867. The van der Waals surface area contributed by atoms with Crippen LogP contribution in [0.4, 0.5) is 5.69 Å². The molecule has 1 aromatic heterocycles. The van der Waals surface area contributed by atoms with Crippen molar-refractivity contribution >= 4 is 11.6 Å². The first kappa shape index (κ1) is 17.4. The second-order valence-corrected chi connectivity index (χ2v) is 6.09. The fourth-order valence-corrected chi connectivity index (χ4v) is 2.85. The maximum Gasteiger partial charge on any atom is 0.254 e. The summed E-state index contributed by atoms with van der Waals surface area (Å²) in [4.78, 5) is 18.9. The lowest BCUT2D eigenvalue weighted by molar-refractivity contribution is 0.0302. The molecular weight excluding hydrogens is 320 g/mol. The highest BCUT2D eigenvalue weighted by Gasteiger charge is 2.21. The molecule has 0 unspecified atom stereocenters. The molecular formula is C18H24N4O3. The van der Waals surface area contributed by atoms with E-state index in [0.717, 1.165) is 24.1 Å². The third-order valence-corrected chi connectivity index (χ3v) is 4.27. The highest BCUT2D eigenvalue weighted by Crippen LogP contribution is 2.21. The molecule has 0 bridgehead atoms. The molecule has 134 valence electrons. The monoisotopic (exact) mass is 344 g/mol. The van der Waals surface area contributed by atoms with Gasteiger partial charge in [-0.3, -0.25) is 4.79 Å². The van der Waals surface area contributed by atoms with Crippen LogP contribution in [0, 0.1) is 6.92 Å². The molecule has 1 fully saturated rings. The summed E-state index contributed by atoms with van der Waals surface area (Å²) in [6.07, 6.45) is 1.76. The highest BCUT2D eigenvalue weighted by molar-refractivity contribution is 5.97. The summed E-state index contributed by atoms with van der Waals surface area (Å²) >= 11 is 0. The number of carbonyl (C=O) groups excluding carboxylic acids is 1. The maximum atomic E-state index is 12.7. The van der Waals surface area contributed by atoms with E-state index in [-0.39, 0.29) is 5.91 Å². The minimum atomic E-state index is 0.0502. The number of nitrogens with zero attached hydrogens (tertiary/aromatic N) is 3. The van der Waals surface area contributed by atoms with Gasteiger partial charge in [0, 0.05) is 30.8 Å². The van der Waals surface area contributed by atoms with Crippen LogP contribution in [0.15, 0.2) is 22.7 Å². The third kappa shape index (κ3) is 4.17. The Bertz CT molecular complexity index is 723. The van der Waals surface area contributed by atoms with Crippen molar-refractivity contribution in [2.75, 3.05) is 31.6 Å². The first-order chi connectivity index (χ1) is 12.2. The molecule has 2 aromatic rings. The van der Waals surface area contributed by atoms with Crippen LogP contribution >= 0.6 is 0 Å². The Kier molecular flexibility index (Phi) is 5.65. The van der Waals surface area contributed by atoms with Gasteiger partial charge in [0.25, 0.3) is 5.91 Å². The van der Waals surface area contributed by atoms with Crippen molar-refractivity contribution in [3.05, 3.63) is 41.0 Å². The molecule has 0 atom stereocenters. The van der Waals surface area contributed by atoms with Crippen molar-refractivity contribution in [1.82, 2.24) is 15.0 Å². The van der Waals surface area contributed by atoms with Gasteiger partial charge in [-0.15, -0.1) is 0 Å². The van der Waals surface area contributed by atoms with Gasteiger partial charge < -0.3 is 19.5 Å². The van der Waals surface area contributed by atoms with E-state index < -0.39 is 0 Å². The number of amides is 1. The van der Waals surface area contributed by atoms with Crippen LogP contribution in [0.1, 0.15) is 41.0 Å². The highest BCUT2D eigenvalue weighted by atomic mass is 16.5. The summed E-state index contributed by atoms with van der Waals surface area (Å²) in [5.74, 6) is 1.33. The molecule has 1 aliphatic rings. The third-order valence-electron chi connectivity index (χ3n) is 4.27. The topological polar surface area (TPSA) is 80.5 Å². The number of aromatic nitrogens is 2. The summed E-state index contributed by atoms with van der Waals surface area (Å²) in [6.45, 7) is 6.96. The largest absolute Gasteiger partial charge is 0.378 e. The fourth-order valence-electron chi connectivity index (χ4n) is 2.85. The summed E-state index contributed by atoms with van der Waals surface area (Å²) in [7, 11) is 0. The number of morpholine rings is 1. The number of hydrogen-bond acceptors (Lipinski definition) is 6. The van der Waals surface area contributed by atoms with Gasteiger partial charge in [-0.05, 0) is 31.0 Å². The molecule has 1 aromatic carbocycles. The van der Waals surface area contributed by atoms with E-state index in [0.29, 0.717) is 50.1 Å². The summed E-state index contributed by atoms with van der Waals surface area (Å²) < 4.78 is 10.5. The van der Waals surface area contributed by atoms with Crippen molar-refractivity contribution in [2.24, 2.45) is 0 Å². The van der Waals surface area contributed by atoms with Gasteiger partial charge in [0.1, 0.15) is 0 Å². The predicted octanol–water partition coefficient (Wildman–Crippen LogP) is 2.42. The van der Waals surface area contributed by atoms with Crippen molar-refractivity contribution < 1.29 is 14.1 Å². The van der Waals surface area contributed by atoms with Crippen molar-refractivity contribution in [1.29, 1.82) is 0 Å². The molecule has 0 saturated carbocycles. The van der Waals surface area contributed by atoms with E-state index >= 15 is 0 Å². The van der Waals surface area contributed by atoms with Crippen molar-refractivity contribution in [3.8, 4) is 0 Å². The molecule has 2 heterocycles. The Labute approximate surface area is 147 Å². The Hall–Kier alpha value is -2.41. The van der Waals surface area contributed by atoms with Crippen molar-refractivity contribution in [3.63, 3.8) is 0 Å². The molecule has 0 spiro atoms. The first-order valence-corrected chi connectivity index (χ1v) is 8.71.